The third-order valence-electron chi connectivity index (χ3n) is 3.26. The monoisotopic (exact) mass is 384 g/mol. The van der Waals surface area contributed by atoms with Gasteiger partial charge < -0.3 is 10.4 Å². The van der Waals surface area contributed by atoms with Crippen LogP contribution in [0, 0.1) is 0 Å². The van der Waals surface area contributed by atoms with Gasteiger partial charge in [-0.05, 0) is 17.7 Å². The van der Waals surface area contributed by atoms with Gasteiger partial charge in [-0.25, -0.2) is 4.98 Å². The van der Waals surface area contributed by atoms with Gasteiger partial charge in [0.15, 0.2) is 0 Å². The normalized spacial score (nSPS) is 13.6. The van der Waals surface area contributed by atoms with E-state index in [0.717, 1.165) is 12.1 Å². The van der Waals surface area contributed by atoms with Gasteiger partial charge in [0.05, 0.1) is 22.3 Å². The number of hydrogen-bond acceptors (Lipinski definition) is 3. The Bertz CT molecular complexity index is 748. The Labute approximate surface area is 143 Å². The molecule has 2 rings (SSSR count). The molecule has 1 aromatic heterocycles. The Morgan fingerprint density at radius 3 is 2.28 bits per heavy atom. The van der Waals surface area contributed by atoms with Crippen LogP contribution in [0.1, 0.15) is 22.8 Å². The quantitative estimate of drug-likeness (QED) is 0.736. The van der Waals surface area contributed by atoms with Crippen molar-refractivity contribution in [3.8, 4) is 0 Å². The minimum atomic E-state index is -4.65. The SMILES string of the molecule is OC(CNc1ncc(C(F)(F)F)cc1Cl)c1ccccc1C(F)(F)F. The zero-order valence-electron chi connectivity index (χ0n) is 12.3. The van der Waals surface area contributed by atoms with Crippen LogP contribution in [-0.4, -0.2) is 16.6 Å². The molecule has 0 spiro atoms. The van der Waals surface area contributed by atoms with Crippen molar-refractivity contribution in [3.63, 3.8) is 0 Å². The van der Waals surface area contributed by atoms with Gasteiger partial charge in [-0.15, -0.1) is 0 Å². The first-order chi connectivity index (χ1) is 11.5. The van der Waals surface area contributed by atoms with Crippen molar-refractivity contribution in [2.45, 2.75) is 18.5 Å². The molecule has 2 aromatic rings. The number of nitrogens with one attached hydrogen (secondary N) is 1. The van der Waals surface area contributed by atoms with Crippen LogP contribution in [-0.2, 0) is 12.4 Å². The molecule has 1 unspecified atom stereocenters. The number of alkyl halides is 6. The highest BCUT2D eigenvalue weighted by molar-refractivity contribution is 6.32. The van der Waals surface area contributed by atoms with Crippen LogP contribution in [0.15, 0.2) is 36.5 Å². The summed E-state index contributed by atoms with van der Waals surface area (Å²) in [7, 11) is 0. The molecular weight excluding hydrogens is 374 g/mol. The number of hydrogen-bond donors (Lipinski definition) is 2. The zero-order valence-corrected chi connectivity index (χ0v) is 13.0. The van der Waals surface area contributed by atoms with Gasteiger partial charge in [-0.3, -0.25) is 0 Å². The molecule has 0 amide bonds. The van der Waals surface area contributed by atoms with Crippen molar-refractivity contribution in [2.75, 3.05) is 11.9 Å². The van der Waals surface area contributed by atoms with Gasteiger partial charge in [0.2, 0.25) is 0 Å². The molecule has 0 radical (unpaired) electrons. The summed E-state index contributed by atoms with van der Waals surface area (Å²) < 4.78 is 76.3. The Morgan fingerprint density at radius 2 is 1.72 bits per heavy atom. The van der Waals surface area contributed by atoms with E-state index in [-0.39, 0.29) is 16.4 Å². The van der Waals surface area contributed by atoms with E-state index in [9.17, 15) is 31.4 Å². The fourth-order valence-corrected chi connectivity index (χ4v) is 2.31. The Balaban J connectivity index is 2.15. The molecule has 3 nitrogen and oxygen atoms in total. The predicted octanol–water partition coefficient (Wildman–Crippen LogP) is 4.92. The maximum atomic E-state index is 12.9. The second kappa shape index (κ2) is 7.09. The molecule has 0 saturated carbocycles. The molecule has 1 aromatic carbocycles. The molecule has 0 aliphatic heterocycles. The smallest absolute Gasteiger partial charge is 0.387 e. The minimum absolute atomic E-state index is 0.182. The summed E-state index contributed by atoms with van der Waals surface area (Å²) in [5, 5.41) is 12.1. The molecule has 0 fully saturated rings. The Kier molecular flexibility index (Phi) is 5.48. The standard InChI is InChI=1S/C15H11ClF6N2O/c16-11-5-8(14(17,18)19)6-23-13(11)24-7-12(25)9-3-1-2-4-10(9)15(20,21)22/h1-6,12,25H,7H2,(H,23,24). The van der Waals surface area contributed by atoms with Crippen LogP contribution < -0.4 is 5.32 Å². The van der Waals surface area contributed by atoms with Gasteiger partial charge in [0.1, 0.15) is 5.82 Å². The van der Waals surface area contributed by atoms with Crippen LogP contribution in [0.3, 0.4) is 0 Å². The largest absolute Gasteiger partial charge is 0.417 e. The van der Waals surface area contributed by atoms with Crippen molar-refractivity contribution in [1.82, 2.24) is 4.98 Å². The summed E-state index contributed by atoms with van der Waals surface area (Å²) in [5.41, 5.74) is -2.44. The Hall–Kier alpha value is -2.00. The summed E-state index contributed by atoms with van der Waals surface area (Å²) in [4.78, 5) is 3.49. The number of benzene rings is 1. The van der Waals surface area contributed by atoms with E-state index in [1.807, 2.05) is 0 Å². The first-order valence-electron chi connectivity index (χ1n) is 6.81. The highest BCUT2D eigenvalue weighted by atomic mass is 35.5. The second-order valence-corrected chi connectivity index (χ2v) is 5.44. The number of halogens is 7. The minimum Gasteiger partial charge on any atom is -0.387 e. The average molecular weight is 385 g/mol. The van der Waals surface area contributed by atoms with Crippen molar-refractivity contribution >= 4 is 17.4 Å². The van der Waals surface area contributed by atoms with Gasteiger partial charge in [0, 0.05) is 12.7 Å². The van der Waals surface area contributed by atoms with Crippen molar-refractivity contribution < 1.29 is 31.4 Å². The van der Waals surface area contributed by atoms with Crippen LogP contribution in [0.4, 0.5) is 32.2 Å². The third-order valence-corrected chi connectivity index (χ3v) is 3.54. The lowest BCUT2D eigenvalue weighted by atomic mass is 10.0. The molecular formula is C15H11ClF6N2O. The lowest BCUT2D eigenvalue weighted by Crippen LogP contribution is -2.18. The summed E-state index contributed by atoms with van der Waals surface area (Å²) in [6, 6.07) is 5.07. The summed E-state index contributed by atoms with van der Waals surface area (Å²) >= 11 is 5.68. The molecule has 1 atom stereocenters. The van der Waals surface area contributed by atoms with E-state index < -0.39 is 36.1 Å². The van der Waals surface area contributed by atoms with Crippen LogP contribution in [0.2, 0.25) is 5.02 Å². The highest BCUT2D eigenvalue weighted by Gasteiger charge is 2.35. The number of rotatable bonds is 4. The zero-order chi connectivity index (χ0) is 18.8. The first-order valence-corrected chi connectivity index (χ1v) is 7.18. The average Bonchev–Trinajstić information content (AvgIpc) is 2.51. The van der Waals surface area contributed by atoms with E-state index in [2.05, 4.69) is 10.3 Å². The predicted molar refractivity (Wildman–Crippen MR) is 79.1 cm³/mol. The van der Waals surface area contributed by atoms with E-state index in [4.69, 9.17) is 11.6 Å². The highest BCUT2D eigenvalue weighted by Crippen LogP contribution is 2.35. The molecule has 2 N–H and O–H groups in total. The van der Waals surface area contributed by atoms with E-state index in [1.165, 1.54) is 12.1 Å². The van der Waals surface area contributed by atoms with Crippen LogP contribution in [0.25, 0.3) is 0 Å². The molecule has 136 valence electrons. The maximum absolute atomic E-state index is 12.9. The fraction of sp³-hybridized carbons (Fsp3) is 0.267. The molecule has 0 aliphatic carbocycles. The third kappa shape index (κ3) is 4.76. The lowest BCUT2D eigenvalue weighted by molar-refractivity contribution is -0.139. The van der Waals surface area contributed by atoms with Gasteiger partial charge in [-0.2, -0.15) is 26.3 Å². The number of nitrogens with zero attached hydrogens (tertiary/aromatic N) is 1. The van der Waals surface area contributed by atoms with Crippen LogP contribution in [0.5, 0.6) is 0 Å². The molecule has 0 aliphatic rings. The lowest BCUT2D eigenvalue weighted by Gasteiger charge is -2.18. The number of aliphatic hydroxyl groups is 1. The summed E-state index contributed by atoms with van der Waals surface area (Å²) in [6.45, 7) is -0.425. The van der Waals surface area contributed by atoms with E-state index >= 15 is 0 Å². The Morgan fingerprint density at radius 1 is 1.08 bits per heavy atom. The van der Waals surface area contributed by atoms with E-state index in [0.29, 0.717) is 12.3 Å². The molecule has 1 heterocycles. The fourth-order valence-electron chi connectivity index (χ4n) is 2.07. The van der Waals surface area contributed by atoms with Gasteiger partial charge in [0.25, 0.3) is 0 Å². The van der Waals surface area contributed by atoms with Crippen molar-refractivity contribution in [1.29, 1.82) is 0 Å². The van der Waals surface area contributed by atoms with Crippen molar-refractivity contribution in [3.05, 3.63) is 58.2 Å². The summed E-state index contributed by atoms with van der Waals surface area (Å²) in [6.07, 6.45) is -10.3. The van der Waals surface area contributed by atoms with Crippen LogP contribution >= 0.6 is 11.6 Å². The second-order valence-electron chi connectivity index (χ2n) is 5.03. The number of aromatic nitrogens is 1. The maximum Gasteiger partial charge on any atom is 0.417 e. The van der Waals surface area contributed by atoms with Gasteiger partial charge in [-0.1, -0.05) is 29.8 Å². The first kappa shape index (κ1) is 19.3. The molecule has 10 heteroatoms. The van der Waals surface area contributed by atoms with Gasteiger partial charge >= 0.3 is 12.4 Å². The molecule has 25 heavy (non-hydrogen) atoms. The number of aliphatic hydroxyl groups excluding tert-OH is 1. The molecule has 0 saturated heterocycles. The van der Waals surface area contributed by atoms with E-state index in [1.54, 1.807) is 0 Å². The van der Waals surface area contributed by atoms with Crippen molar-refractivity contribution in [2.24, 2.45) is 0 Å². The number of anilines is 1. The molecule has 0 bridgehead atoms. The number of pyridine rings is 1. The summed E-state index contributed by atoms with van der Waals surface area (Å²) in [5.74, 6) is -0.182. The topological polar surface area (TPSA) is 45.1 Å².